The summed E-state index contributed by atoms with van der Waals surface area (Å²) in [4.78, 5) is 26.1. The number of fused-ring (bicyclic) bond motifs is 1. The number of hydrogen-bond donors (Lipinski definition) is 0. The van der Waals surface area contributed by atoms with Gasteiger partial charge < -0.3 is 9.64 Å². The molecule has 1 saturated heterocycles. The number of ketones is 1. The van der Waals surface area contributed by atoms with Crippen LogP contribution in [0, 0.1) is 0 Å². The first-order valence-corrected chi connectivity index (χ1v) is 6.76. The topological polar surface area (TPSA) is 46.6 Å². The van der Waals surface area contributed by atoms with Crippen LogP contribution in [0.3, 0.4) is 0 Å². The quantitative estimate of drug-likeness (QED) is 0.776. The van der Waals surface area contributed by atoms with Gasteiger partial charge in [0.15, 0.2) is 5.78 Å². The first kappa shape index (κ1) is 12.4. The lowest BCUT2D eigenvalue weighted by Gasteiger charge is -2.30. The Hall–Kier alpha value is -1.68. The average Bonchev–Trinajstić information content (AvgIpc) is 2.86. The van der Waals surface area contributed by atoms with Gasteiger partial charge in [0.05, 0.1) is 11.8 Å². The Bertz CT molecular complexity index is 526. The summed E-state index contributed by atoms with van der Waals surface area (Å²) >= 11 is 0. The predicted molar refractivity (Wildman–Crippen MR) is 71.3 cm³/mol. The summed E-state index contributed by atoms with van der Waals surface area (Å²) in [5.74, 6) is 0.102. The smallest absolute Gasteiger partial charge is 0.256 e. The molecule has 0 N–H and O–H groups in total. The molecule has 0 aromatic heterocycles. The van der Waals surface area contributed by atoms with Gasteiger partial charge in [-0.25, -0.2) is 0 Å². The molecule has 2 heterocycles. The molecule has 2 unspecified atom stereocenters. The molecule has 2 aliphatic rings. The van der Waals surface area contributed by atoms with Crippen molar-refractivity contribution in [3.63, 3.8) is 0 Å². The number of Topliss-reactive ketones (excluding diaryl/α,β-unsaturated/α-hetero) is 1. The van der Waals surface area contributed by atoms with Crippen molar-refractivity contribution in [1.29, 1.82) is 0 Å². The fraction of sp³-hybridized carbons (Fsp3) is 0.467. The monoisotopic (exact) mass is 259 g/mol. The highest BCUT2D eigenvalue weighted by molar-refractivity contribution is 6.09. The Kier molecular flexibility index (Phi) is 3.11. The zero-order chi connectivity index (χ0) is 13.4. The molecule has 4 nitrogen and oxygen atoms in total. The van der Waals surface area contributed by atoms with Crippen LogP contribution in [0.2, 0.25) is 0 Å². The minimum Gasteiger partial charge on any atom is -0.365 e. The molecule has 4 heteroatoms. The Balaban J connectivity index is 1.88. The van der Waals surface area contributed by atoms with Crippen molar-refractivity contribution < 1.29 is 14.3 Å². The molecule has 2 aliphatic heterocycles. The molecule has 1 fully saturated rings. The zero-order valence-corrected chi connectivity index (χ0v) is 11.0. The third-order valence-corrected chi connectivity index (χ3v) is 3.83. The number of carbonyl (C=O) groups excluding carboxylic acids is 2. The Morgan fingerprint density at radius 1 is 1.32 bits per heavy atom. The molecular formula is C15H17NO3. The van der Waals surface area contributed by atoms with Crippen molar-refractivity contribution in [2.24, 2.45) is 0 Å². The van der Waals surface area contributed by atoms with Gasteiger partial charge in [-0.05, 0) is 31.9 Å². The summed E-state index contributed by atoms with van der Waals surface area (Å²) in [6.07, 6.45) is 1.88. The van der Waals surface area contributed by atoms with Crippen molar-refractivity contribution in [2.75, 3.05) is 11.4 Å². The van der Waals surface area contributed by atoms with E-state index in [0.717, 1.165) is 18.5 Å². The highest BCUT2D eigenvalue weighted by Gasteiger charge is 2.35. The molecule has 3 rings (SSSR count). The van der Waals surface area contributed by atoms with Crippen LogP contribution < -0.4 is 4.90 Å². The van der Waals surface area contributed by atoms with Crippen LogP contribution in [0.4, 0.5) is 5.69 Å². The van der Waals surface area contributed by atoms with E-state index in [0.29, 0.717) is 18.5 Å². The van der Waals surface area contributed by atoms with Crippen LogP contribution in [0.5, 0.6) is 0 Å². The third-order valence-electron chi connectivity index (χ3n) is 3.83. The van der Waals surface area contributed by atoms with E-state index in [2.05, 4.69) is 0 Å². The van der Waals surface area contributed by atoms with Crippen LogP contribution in [-0.2, 0) is 9.53 Å². The first-order chi connectivity index (χ1) is 9.16. The second-order valence-electron chi connectivity index (χ2n) is 5.19. The van der Waals surface area contributed by atoms with E-state index in [9.17, 15) is 9.59 Å². The number of rotatable bonds is 1. The van der Waals surface area contributed by atoms with Gasteiger partial charge in [0, 0.05) is 18.5 Å². The van der Waals surface area contributed by atoms with E-state index < -0.39 is 0 Å². The predicted octanol–water partition coefficient (Wildman–Crippen LogP) is 2.17. The third kappa shape index (κ3) is 2.16. The lowest BCUT2D eigenvalue weighted by atomic mass is 9.99. The van der Waals surface area contributed by atoms with E-state index in [1.165, 1.54) is 0 Å². The number of amides is 1. The molecule has 0 aliphatic carbocycles. The summed E-state index contributed by atoms with van der Waals surface area (Å²) in [7, 11) is 0. The van der Waals surface area contributed by atoms with Crippen molar-refractivity contribution in [3.05, 3.63) is 29.8 Å². The van der Waals surface area contributed by atoms with Crippen molar-refractivity contribution in [1.82, 2.24) is 0 Å². The largest absolute Gasteiger partial charge is 0.365 e. The Morgan fingerprint density at radius 2 is 2.11 bits per heavy atom. The first-order valence-electron chi connectivity index (χ1n) is 6.76. The zero-order valence-electron chi connectivity index (χ0n) is 11.0. The Morgan fingerprint density at radius 3 is 2.84 bits per heavy atom. The van der Waals surface area contributed by atoms with E-state index in [1.54, 1.807) is 11.0 Å². The van der Waals surface area contributed by atoms with E-state index >= 15 is 0 Å². The van der Waals surface area contributed by atoms with Gasteiger partial charge in [-0.2, -0.15) is 0 Å². The van der Waals surface area contributed by atoms with Gasteiger partial charge in [-0.15, -0.1) is 0 Å². The van der Waals surface area contributed by atoms with Gasteiger partial charge >= 0.3 is 0 Å². The number of para-hydroxylation sites is 1. The molecule has 1 amide bonds. The van der Waals surface area contributed by atoms with Crippen LogP contribution >= 0.6 is 0 Å². The molecule has 1 aromatic rings. The minimum absolute atomic E-state index is 0.00991. The maximum atomic E-state index is 12.5. The van der Waals surface area contributed by atoms with Crippen LogP contribution in [0.1, 0.15) is 36.5 Å². The summed E-state index contributed by atoms with van der Waals surface area (Å²) in [5, 5.41) is 0. The normalized spacial score (nSPS) is 26.4. The van der Waals surface area contributed by atoms with E-state index in [1.807, 2.05) is 25.1 Å². The molecule has 0 bridgehead atoms. The molecule has 2 atom stereocenters. The van der Waals surface area contributed by atoms with Gasteiger partial charge in [0.25, 0.3) is 5.91 Å². The van der Waals surface area contributed by atoms with Crippen molar-refractivity contribution >= 4 is 17.4 Å². The molecule has 19 heavy (non-hydrogen) atoms. The number of carbonyl (C=O) groups is 2. The number of anilines is 1. The van der Waals surface area contributed by atoms with E-state index in [-0.39, 0.29) is 23.9 Å². The number of hydrogen-bond acceptors (Lipinski definition) is 3. The van der Waals surface area contributed by atoms with Gasteiger partial charge in [-0.3, -0.25) is 9.59 Å². The second-order valence-corrected chi connectivity index (χ2v) is 5.19. The number of benzene rings is 1. The molecule has 100 valence electrons. The van der Waals surface area contributed by atoms with Crippen LogP contribution in [0.15, 0.2) is 24.3 Å². The summed E-state index contributed by atoms with van der Waals surface area (Å²) in [6, 6.07) is 7.31. The number of ether oxygens (including phenoxy) is 1. The van der Waals surface area contributed by atoms with Crippen molar-refractivity contribution in [3.8, 4) is 0 Å². The Labute approximate surface area is 112 Å². The molecule has 1 aromatic carbocycles. The minimum atomic E-state index is -0.351. The SMILES string of the molecule is CC1CCC(C(=O)N2CCC(=O)c3ccccc32)O1. The highest BCUT2D eigenvalue weighted by Crippen LogP contribution is 2.29. The van der Waals surface area contributed by atoms with Gasteiger partial charge in [0.2, 0.25) is 0 Å². The van der Waals surface area contributed by atoms with Crippen molar-refractivity contribution in [2.45, 2.75) is 38.4 Å². The number of nitrogens with zero attached hydrogens (tertiary/aromatic N) is 1. The molecular weight excluding hydrogens is 242 g/mol. The average molecular weight is 259 g/mol. The van der Waals surface area contributed by atoms with Gasteiger partial charge in [-0.1, -0.05) is 12.1 Å². The molecule has 0 spiro atoms. The summed E-state index contributed by atoms with van der Waals surface area (Å²) in [6.45, 7) is 2.45. The fourth-order valence-corrected chi connectivity index (χ4v) is 2.80. The molecule has 0 radical (unpaired) electrons. The standard InChI is InChI=1S/C15H17NO3/c1-10-6-7-14(19-10)15(18)16-9-8-13(17)11-4-2-3-5-12(11)16/h2-5,10,14H,6-9H2,1H3. The fourth-order valence-electron chi connectivity index (χ4n) is 2.80. The molecule has 0 saturated carbocycles. The maximum Gasteiger partial charge on any atom is 0.256 e. The highest BCUT2D eigenvalue weighted by atomic mass is 16.5. The second kappa shape index (κ2) is 4.78. The maximum absolute atomic E-state index is 12.5. The summed E-state index contributed by atoms with van der Waals surface area (Å²) in [5.41, 5.74) is 1.38. The lowest BCUT2D eigenvalue weighted by molar-refractivity contribution is -0.129. The lowest BCUT2D eigenvalue weighted by Crippen LogP contribution is -2.43. The van der Waals surface area contributed by atoms with Crippen LogP contribution in [0.25, 0.3) is 0 Å². The van der Waals surface area contributed by atoms with Gasteiger partial charge in [0.1, 0.15) is 6.10 Å². The van der Waals surface area contributed by atoms with E-state index in [4.69, 9.17) is 4.74 Å². The van der Waals surface area contributed by atoms with Crippen LogP contribution in [-0.4, -0.2) is 30.4 Å². The summed E-state index contributed by atoms with van der Waals surface area (Å²) < 4.78 is 5.64.